The molecule has 0 spiro atoms. The Bertz CT molecular complexity index is 735. The van der Waals surface area contributed by atoms with E-state index in [1.807, 2.05) is 6.92 Å². The first kappa shape index (κ1) is 21.2. The first-order chi connectivity index (χ1) is 11.8. The van der Waals surface area contributed by atoms with Crippen LogP contribution in [0.2, 0.25) is 0 Å². The molecule has 1 unspecified atom stereocenters. The number of halogens is 3. The van der Waals surface area contributed by atoms with Gasteiger partial charge >= 0.3 is 6.18 Å². The Kier molecular flexibility index (Phi) is 6.12. The molecule has 1 atom stereocenters. The van der Waals surface area contributed by atoms with Crippen LogP contribution in [0.5, 0.6) is 0 Å². The van der Waals surface area contributed by atoms with Crippen molar-refractivity contribution in [1.82, 2.24) is 14.5 Å². The van der Waals surface area contributed by atoms with Crippen LogP contribution >= 0.6 is 0 Å². The predicted molar refractivity (Wildman–Crippen MR) is 94.3 cm³/mol. The monoisotopic (exact) mass is 395 g/mol. The number of hydrogen-bond acceptors (Lipinski definition) is 3. The molecule has 1 saturated carbocycles. The molecule has 1 aromatic rings. The maximum atomic E-state index is 12.7. The number of sulfonamides is 1. The van der Waals surface area contributed by atoms with Gasteiger partial charge in [-0.3, -0.25) is 4.68 Å². The molecule has 0 aliphatic heterocycles. The third kappa shape index (κ3) is 5.45. The molecule has 26 heavy (non-hydrogen) atoms. The number of rotatable bonds is 6. The van der Waals surface area contributed by atoms with Crippen molar-refractivity contribution in [2.75, 3.05) is 5.75 Å². The zero-order valence-electron chi connectivity index (χ0n) is 15.8. The van der Waals surface area contributed by atoms with Gasteiger partial charge in [-0.05, 0) is 39.0 Å². The molecule has 1 aromatic heterocycles. The number of alkyl halides is 3. The minimum absolute atomic E-state index is 0.0408. The van der Waals surface area contributed by atoms with Crippen molar-refractivity contribution in [3.63, 3.8) is 0 Å². The van der Waals surface area contributed by atoms with Gasteiger partial charge in [0.05, 0.1) is 11.4 Å². The molecule has 1 N–H and O–H groups in total. The molecule has 0 amide bonds. The highest BCUT2D eigenvalue weighted by molar-refractivity contribution is 7.89. The van der Waals surface area contributed by atoms with Gasteiger partial charge in [0.25, 0.3) is 0 Å². The van der Waals surface area contributed by atoms with Crippen molar-refractivity contribution < 1.29 is 21.6 Å². The quantitative estimate of drug-likeness (QED) is 0.791. The smallest absolute Gasteiger partial charge is 0.260 e. The Morgan fingerprint density at radius 3 is 2.35 bits per heavy atom. The molecular weight excluding hydrogens is 367 g/mol. The van der Waals surface area contributed by atoms with Crippen LogP contribution in [0.1, 0.15) is 68.9 Å². The highest BCUT2D eigenvalue weighted by Gasteiger charge is 2.34. The van der Waals surface area contributed by atoms with Crippen molar-refractivity contribution in [3.05, 3.63) is 17.0 Å². The maximum absolute atomic E-state index is 12.7. The number of nitrogens with one attached hydrogen (secondary N) is 1. The second-order valence-electron chi connectivity index (χ2n) is 7.83. The molecule has 0 saturated heterocycles. The van der Waals surface area contributed by atoms with Crippen LogP contribution in [0.3, 0.4) is 0 Å². The second kappa shape index (κ2) is 7.50. The summed E-state index contributed by atoms with van der Waals surface area (Å²) in [6.07, 6.45) is 0.580. The summed E-state index contributed by atoms with van der Waals surface area (Å²) in [4.78, 5) is 0. The van der Waals surface area contributed by atoms with Gasteiger partial charge in [-0.1, -0.05) is 26.2 Å². The van der Waals surface area contributed by atoms with Crippen molar-refractivity contribution in [3.8, 4) is 0 Å². The maximum Gasteiger partial charge on any atom is 0.408 e. The van der Waals surface area contributed by atoms with Gasteiger partial charge in [0, 0.05) is 17.3 Å². The zero-order chi connectivity index (χ0) is 19.8. The van der Waals surface area contributed by atoms with E-state index in [9.17, 15) is 21.6 Å². The largest absolute Gasteiger partial charge is 0.408 e. The lowest BCUT2D eigenvalue weighted by Gasteiger charge is -2.33. The summed E-state index contributed by atoms with van der Waals surface area (Å²) in [6.45, 7) is 5.59. The summed E-state index contributed by atoms with van der Waals surface area (Å²) in [5.74, 6) is 0.0408. The number of aryl methyl sites for hydroxylation is 1. The van der Waals surface area contributed by atoms with Crippen molar-refractivity contribution in [2.45, 2.75) is 78.6 Å². The Hall–Kier alpha value is -1.09. The lowest BCUT2D eigenvalue weighted by molar-refractivity contribution is -0.143. The third-order valence-corrected chi connectivity index (χ3v) is 6.94. The molecule has 0 aromatic carbocycles. The number of aromatic nitrogens is 2. The average Bonchev–Trinajstić information content (AvgIpc) is 2.70. The number of hydrogen-bond donors (Lipinski definition) is 1. The fraction of sp³-hybridized carbons (Fsp3) is 0.824. The van der Waals surface area contributed by atoms with Gasteiger partial charge < -0.3 is 0 Å². The van der Waals surface area contributed by atoms with E-state index in [1.54, 1.807) is 13.8 Å². The summed E-state index contributed by atoms with van der Waals surface area (Å²) in [5.41, 5.74) is 1.00. The standard InChI is InChI=1S/C17H28F3N3O2S/c1-12-15(14(3)23(21-12)10-17(18,19)20)13(2)22-26(24,25)11-16(4)8-6-5-7-9-16/h13,22H,5-11H2,1-4H3. The Morgan fingerprint density at radius 2 is 1.81 bits per heavy atom. The van der Waals surface area contributed by atoms with Crippen LogP contribution in [0.15, 0.2) is 0 Å². The number of nitrogens with zero attached hydrogens (tertiary/aromatic N) is 2. The molecule has 150 valence electrons. The van der Waals surface area contributed by atoms with E-state index in [2.05, 4.69) is 9.82 Å². The van der Waals surface area contributed by atoms with E-state index < -0.39 is 28.8 Å². The van der Waals surface area contributed by atoms with Gasteiger partial charge in [0.1, 0.15) is 6.54 Å². The zero-order valence-corrected chi connectivity index (χ0v) is 16.6. The van der Waals surface area contributed by atoms with Crippen LogP contribution < -0.4 is 4.72 Å². The van der Waals surface area contributed by atoms with Gasteiger partial charge in [0.2, 0.25) is 10.0 Å². The molecule has 0 radical (unpaired) electrons. The fourth-order valence-electron chi connectivity index (χ4n) is 4.04. The van der Waals surface area contributed by atoms with Crippen molar-refractivity contribution in [2.24, 2.45) is 5.41 Å². The molecule has 5 nitrogen and oxygen atoms in total. The Morgan fingerprint density at radius 1 is 1.23 bits per heavy atom. The SMILES string of the molecule is Cc1nn(CC(F)(F)F)c(C)c1C(C)NS(=O)(=O)CC1(C)CCCCC1. The lowest BCUT2D eigenvalue weighted by atomic mass is 9.77. The molecule has 1 aliphatic rings. The normalized spacial score (nSPS) is 19.5. The van der Waals surface area contributed by atoms with E-state index in [0.29, 0.717) is 17.0 Å². The average molecular weight is 395 g/mol. The molecule has 1 aliphatic carbocycles. The molecule has 9 heteroatoms. The first-order valence-corrected chi connectivity index (χ1v) is 10.6. The van der Waals surface area contributed by atoms with E-state index in [1.165, 1.54) is 6.92 Å². The molecule has 1 fully saturated rings. The van der Waals surface area contributed by atoms with Gasteiger partial charge in [-0.2, -0.15) is 18.3 Å². The van der Waals surface area contributed by atoms with Crippen LogP contribution in [0.25, 0.3) is 0 Å². The van der Waals surface area contributed by atoms with Crippen LogP contribution in [-0.2, 0) is 16.6 Å². The molecular formula is C17H28F3N3O2S. The predicted octanol–water partition coefficient (Wildman–Crippen LogP) is 4.01. The minimum atomic E-state index is -4.38. The molecule has 2 rings (SSSR count). The van der Waals surface area contributed by atoms with E-state index in [4.69, 9.17) is 0 Å². The molecule has 0 bridgehead atoms. The van der Waals surface area contributed by atoms with E-state index in [-0.39, 0.29) is 11.2 Å². The summed E-state index contributed by atoms with van der Waals surface area (Å²) in [7, 11) is -3.56. The van der Waals surface area contributed by atoms with Crippen LogP contribution in [-0.4, -0.2) is 30.1 Å². The molecule has 1 heterocycles. The first-order valence-electron chi connectivity index (χ1n) is 8.93. The van der Waals surface area contributed by atoms with Crippen LogP contribution in [0, 0.1) is 19.3 Å². The van der Waals surface area contributed by atoms with Gasteiger partial charge in [-0.15, -0.1) is 0 Å². The van der Waals surface area contributed by atoms with Crippen LogP contribution in [0.4, 0.5) is 13.2 Å². The van der Waals surface area contributed by atoms with E-state index in [0.717, 1.165) is 36.8 Å². The van der Waals surface area contributed by atoms with Gasteiger partial charge in [0.15, 0.2) is 0 Å². The highest BCUT2D eigenvalue weighted by atomic mass is 32.2. The highest BCUT2D eigenvalue weighted by Crippen LogP contribution is 2.37. The Labute approximate surface area is 153 Å². The summed E-state index contributed by atoms with van der Waals surface area (Å²) in [5, 5.41) is 3.94. The van der Waals surface area contributed by atoms with Crippen molar-refractivity contribution in [1.29, 1.82) is 0 Å². The topological polar surface area (TPSA) is 64.0 Å². The van der Waals surface area contributed by atoms with Crippen molar-refractivity contribution >= 4 is 10.0 Å². The second-order valence-corrected chi connectivity index (χ2v) is 9.58. The lowest BCUT2D eigenvalue weighted by Crippen LogP contribution is -2.37. The summed E-state index contributed by atoms with van der Waals surface area (Å²) >= 11 is 0. The minimum Gasteiger partial charge on any atom is -0.260 e. The fourth-order valence-corrected chi connectivity index (χ4v) is 5.99. The van der Waals surface area contributed by atoms with Gasteiger partial charge in [-0.25, -0.2) is 13.1 Å². The Balaban J connectivity index is 2.15. The van der Waals surface area contributed by atoms with E-state index >= 15 is 0 Å². The third-order valence-electron chi connectivity index (χ3n) is 5.16. The summed E-state index contributed by atoms with van der Waals surface area (Å²) < 4.78 is 66.8. The summed E-state index contributed by atoms with van der Waals surface area (Å²) in [6, 6.07) is -0.630.